The Bertz CT molecular complexity index is 404. The smallest absolute Gasteiger partial charge is 0.274 e. The van der Waals surface area contributed by atoms with Crippen molar-refractivity contribution in [3.8, 4) is 0 Å². The van der Waals surface area contributed by atoms with Crippen LogP contribution in [0.3, 0.4) is 0 Å². The van der Waals surface area contributed by atoms with E-state index in [1.165, 1.54) is 0 Å². The fourth-order valence-electron chi connectivity index (χ4n) is 2.36. The van der Waals surface area contributed by atoms with Crippen molar-refractivity contribution in [3.05, 3.63) is 18.2 Å². The van der Waals surface area contributed by atoms with E-state index in [0.717, 1.165) is 25.7 Å². The second kappa shape index (κ2) is 5.08. The average Bonchev–Trinajstić information content (AvgIpc) is 2.75. The zero-order chi connectivity index (χ0) is 12.4. The van der Waals surface area contributed by atoms with Crippen LogP contribution in [0.25, 0.3) is 0 Å². The number of hydrogen-bond acceptors (Lipinski definition) is 2. The lowest BCUT2D eigenvalue weighted by Gasteiger charge is -2.34. The molecule has 5 heteroatoms. The summed E-state index contributed by atoms with van der Waals surface area (Å²) in [4.78, 5) is 18.0. The molecule has 1 aromatic heterocycles. The predicted molar refractivity (Wildman–Crippen MR) is 67.2 cm³/mol. The maximum absolute atomic E-state index is 12.2. The molecule has 1 heterocycles. The number of hydrogen-bond donors (Lipinski definition) is 0. The fraction of sp³-hybridized carbons (Fsp3) is 0.667. The van der Waals surface area contributed by atoms with Crippen LogP contribution in [0.5, 0.6) is 0 Å². The van der Waals surface area contributed by atoms with Gasteiger partial charge in [0.05, 0.1) is 11.7 Å². The molecule has 2 rings (SSSR count). The first-order valence-electron chi connectivity index (χ1n) is 5.99. The Morgan fingerprint density at radius 2 is 2.24 bits per heavy atom. The third kappa shape index (κ3) is 2.63. The van der Waals surface area contributed by atoms with Gasteiger partial charge in [-0.3, -0.25) is 4.79 Å². The lowest BCUT2D eigenvalue weighted by Crippen LogP contribution is -2.44. The molecule has 1 fully saturated rings. The second-order valence-corrected chi connectivity index (χ2v) is 5.27. The molecule has 1 aromatic rings. The van der Waals surface area contributed by atoms with E-state index >= 15 is 0 Å². The van der Waals surface area contributed by atoms with Crippen LogP contribution in [-0.4, -0.2) is 38.8 Å². The minimum Gasteiger partial charge on any atom is -0.340 e. The molecule has 0 bridgehead atoms. The molecule has 0 aromatic carbocycles. The maximum atomic E-state index is 12.2. The van der Waals surface area contributed by atoms with Gasteiger partial charge in [-0.1, -0.05) is 12.8 Å². The summed E-state index contributed by atoms with van der Waals surface area (Å²) in [6, 6.07) is 0.139. The number of nitrogens with zero attached hydrogens (tertiary/aromatic N) is 3. The first kappa shape index (κ1) is 12.4. The highest BCUT2D eigenvalue weighted by Crippen LogP contribution is 2.27. The molecule has 0 N–H and O–H groups in total. The highest BCUT2D eigenvalue weighted by molar-refractivity contribution is 6.21. The number of aryl methyl sites for hydroxylation is 1. The summed E-state index contributed by atoms with van der Waals surface area (Å²) in [5, 5.41) is 0.0708. The Balaban J connectivity index is 2.08. The Hall–Kier alpha value is -1.03. The summed E-state index contributed by atoms with van der Waals surface area (Å²) in [5.74, 6) is -0.0388. The van der Waals surface area contributed by atoms with Gasteiger partial charge in [0, 0.05) is 26.3 Å². The SMILES string of the molecule is CN(C(=O)c1cn(C)cn1)C1CCCCC1Cl. The molecule has 4 nitrogen and oxygen atoms in total. The maximum Gasteiger partial charge on any atom is 0.274 e. The first-order chi connectivity index (χ1) is 8.09. The van der Waals surface area contributed by atoms with Crippen molar-refractivity contribution in [2.45, 2.75) is 37.1 Å². The van der Waals surface area contributed by atoms with E-state index in [1.807, 2.05) is 14.1 Å². The van der Waals surface area contributed by atoms with Crippen LogP contribution in [0.4, 0.5) is 0 Å². The molecule has 1 amide bonds. The van der Waals surface area contributed by atoms with E-state index in [2.05, 4.69) is 4.98 Å². The van der Waals surface area contributed by atoms with Crippen molar-refractivity contribution < 1.29 is 4.79 Å². The number of carbonyl (C=O) groups is 1. The average molecular weight is 256 g/mol. The van der Waals surface area contributed by atoms with Gasteiger partial charge < -0.3 is 9.47 Å². The van der Waals surface area contributed by atoms with E-state index in [1.54, 1.807) is 22.0 Å². The molecule has 2 unspecified atom stereocenters. The van der Waals surface area contributed by atoms with Crippen molar-refractivity contribution in [1.29, 1.82) is 0 Å². The van der Waals surface area contributed by atoms with Gasteiger partial charge in [0.2, 0.25) is 0 Å². The van der Waals surface area contributed by atoms with Crippen LogP contribution in [-0.2, 0) is 7.05 Å². The number of aromatic nitrogens is 2. The van der Waals surface area contributed by atoms with Gasteiger partial charge in [-0.2, -0.15) is 0 Å². The van der Waals surface area contributed by atoms with Gasteiger partial charge in [0.25, 0.3) is 5.91 Å². The fourth-order valence-corrected chi connectivity index (χ4v) is 2.81. The van der Waals surface area contributed by atoms with Crippen molar-refractivity contribution in [2.75, 3.05) is 7.05 Å². The van der Waals surface area contributed by atoms with Gasteiger partial charge >= 0.3 is 0 Å². The van der Waals surface area contributed by atoms with E-state index in [0.29, 0.717) is 5.69 Å². The molecule has 0 radical (unpaired) electrons. The molecule has 17 heavy (non-hydrogen) atoms. The molecule has 0 aliphatic heterocycles. The molecule has 2 atom stereocenters. The van der Waals surface area contributed by atoms with Gasteiger partial charge in [-0.05, 0) is 12.8 Å². The van der Waals surface area contributed by atoms with Crippen molar-refractivity contribution in [3.63, 3.8) is 0 Å². The Morgan fingerprint density at radius 1 is 1.53 bits per heavy atom. The van der Waals surface area contributed by atoms with Crippen LogP contribution >= 0.6 is 11.6 Å². The number of halogens is 1. The summed E-state index contributed by atoms with van der Waals surface area (Å²) >= 11 is 6.29. The summed E-state index contributed by atoms with van der Waals surface area (Å²) in [6.07, 6.45) is 7.67. The van der Waals surface area contributed by atoms with Crippen LogP contribution in [0.2, 0.25) is 0 Å². The third-order valence-corrected chi connectivity index (χ3v) is 3.90. The zero-order valence-electron chi connectivity index (χ0n) is 10.3. The highest BCUT2D eigenvalue weighted by Gasteiger charge is 2.30. The van der Waals surface area contributed by atoms with E-state index in [4.69, 9.17) is 11.6 Å². The summed E-state index contributed by atoms with van der Waals surface area (Å²) in [7, 11) is 3.68. The standard InChI is InChI=1S/C12H18ClN3O/c1-15-7-10(14-8-15)12(17)16(2)11-6-4-3-5-9(11)13/h7-9,11H,3-6H2,1-2H3. The Kier molecular flexibility index (Phi) is 3.72. The Labute approximate surface area is 107 Å². The van der Waals surface area contributed by atoms with E-state index in [9.17, 15) is 4.79 Å². The molecule has 94 valence electrons. The number of carbonyl (C=O) groups excluding carboxylic acids is 1. The highest BCUT2D eigenvalue weighted by atomic mass is 35.5. The number of amides is 1. The van der Waals surface area contributed by atoms with Crippen LogP contribution in [0, 0.1) is 0 Å². The molecule has 0 spiro atoms. The molecular formula is C12H18ClN3O. The summed E-state index contributed by atoms with van der Waals surface area (Å²) in [5.41, 5.74) is 0.490. The number of rotatable bonds is 2. The van der Waals surface area contributed by atoms with Crippen molar-refractivity contribution in [1.82, 2.24) is 14.5 Å². The topological polar surface area (TPSA) is 38.1 Å². The van der Waals surface area contributed by atoms with E-state index in [-0.39, 0.29) is 17.3 Å². The summed E-state index contributed by atoms with van der Waals surface area (Å²) in [6.45, 7) is 0. The van der Waals surface area contributed by atoms with Crippen molar-refractivity contribution >= 4 is 17.5 Å². The lowest BCUT2D eigenvalue weighted by molar-refractivity contribution is 0.0695. The van der Waals surface area contributed by atoms with E-state index < -0.39 is 0 Å². The predicted octanol–water partition coefficient (Wildman–Crippen LogP) is 2.04. The normalized spacial score (nSPS) is 24.6. The zero-order valence-corrected chi connectivity index (χ0v) is 11.0. The minimum absolute atomic E-state index is 0.0388. The quantitative estimate of drug-likeness (QED) is 0.759. The molecule has 1 saturated carbocycles. The molecule has 1 aliphatic carbocycles. The van der Waals surface area contributed by atoms with Gasteiger partial charge in [-0.25, -0.2) is 4.98 Å². The van der Waals surface area contributed by atoms with Crippen LogP contribution in [0.1, 0.15) is 36.2 Å². The second-order valence-electron chi connectivity index (χ2n) is 4.71. The first-order valence-corrected chi connectivity index (χ1v) is 6.42. The minimum atomic E-state index is -0.0388. The van der Waals surface area contributed by atoms with Gasteiger partial charge in [-0.15, -0.1) is 11.6 Å². The Morgan fingerprint density at radius 3 is 2.82 bits per heavy atom. The lowest BCUT2D eigenvalue weighted by atomic mass is 9.94. The van der Waals surface area contributed by atoms with Gasteiger partial charge in [0.1, 0.15) is 5.69 Å². The molecule has 0 saturated heterocycles. The largest absolute Gasteiger partial charge is 0.340 e. The third-order valence-electron chi connectivity index (χ3n) is 3.39. The monoisotopic (exact) mass is 255 g/mol. The number of imidazole rings is 1. The molecule has 1 aliphatic rings. The molecular weight excluding hydrogens is 238 g/mol. The number of alkyl halides is 1. The van der Waals surface area contributed by atoms with Crippen LogP contribution in [0.15, 0.2) is 12.5 Å². The van der Waals surface area contributed by atoms with Crippen molar-refractivity contribution in [2.24, 2.45) is 7.05 Å². The van der Waals surface area contributed by atoms with Crippen LogP contribution < -0.4 is 0 Å². The van der Waals surface area contributed by atoms with Gasteiger partial charge in [0.15, 0.2) is 0 Å². The summed E-state index contributed by atoms with van der Waals surface area (Å²) < 4.78 is 1.78.